The molecule has 6 heteroatoms. The summed E-state index contributed by atoms with van der Waals surface area (Å²) >= 11 is 0. The van der Waals surface area contributed by atoms with Crippen LogP contribution in [-0.2, 0) is 10.2 Å². The molecule has 1 fully saturated rings. The molecule has 0 aromatic heterocycles. The van der Waals surface area contributed by atoms with E-state index in [4.69, 9.17) is 5.26 Å². The Morgan fingerprint density at radius 1 is 1.35 bits per heavy atom. The molecule has 2 rings (SSSR count). The van der Waals surface area contributed by atoms with Crippen LogP contribution in [0.2, 0.25) is 0 Å². The van der Waals surface area contributed by atoms with Crippen LogP contribution in [0.5, 0.6) is 0 Å². The summed E-state index contributed by atoms with van der Waals surface area (Å²) in [6.07, 6.45) is 1.03. The molecule has 0 bridgehead atoms. The Labute approximate surface area is 139 Å². The van der Waals surface area contributed by atoms with Gasteiger partial charge in [0.2, 0.25) is 0 Å². The summed E-state index contributed by atoms with van der Waals surface area (Å²) in [6, 6.07) is 8.15. The highest BCUT2D eigenvalue weighted by molar-refractivity contribution is 7.86. The van der Waals surface area contributed by atoms with Crippen molar-refractivity contribution in [3.8, 4) is 6.07 Å². The zero-order valence-electron chi connectivity index (χ0n) is 14.3. The van der Waals surface area contributed by atoms with Gasteiger partial charge in [0.1, 0.15) is 0 Å². The molecular weight excluding hydrogens is 310 g/mol. The summed E-state index contributed by atoms with van der Waals surface area (Å²) in [5.74, 6) is 0.239. The van der Waals surface area contributed by atoms with Gasteiger partial charge in [-0.1, -0.05) is 29.3 Å². The van der Waals surface area contributed by atoms with Gasteiger partial charge in [-0.15, -0.1) is 0 Å². The predicted molar refractivity (Wildman–Crippen MR) is 91.2 cm³/mol. The molecule has 23 heavy (non-hydrogen) atoms. The van der Waals surface area contributed by atoms with Gasteiger partial charge in [0.25, 0.3) is 10.2 Å². The van der Waals surface area contributed by atoms with E-state index >= 15 is 0 Å². The fraction of sp³-hybridized carbons (Fsp3) is 0.588. The van der Waals surface area contributed by atoms with Crippen LogP contribution in [0.3, 0.4) is 0 Å². The number of nitriles is 1. The van der Waals surface area contributed by atoms with Crippen LogP contribution in [0.15, 0.2) is 18.2 Å². The Balaban J connectivity index is 2.14. The van der Waals surface area contributed by atoms with E-state index in [9.17, 15) is 8.42 Å². The van der Waals surface area contributed by atoms with Gasteiger partial charge in [0, 0.05) is 26.2 Å². The van der Waals surface area contributed by atoms with Gasteiger partial charge in [0.15, 0.2) is 0 Å². The molecule has 0 saturated carbocycles. The second kappa shape index (κ2) is 7.00. The molecule has 0 aliphatic carbocycles. The average molecular weight is 335 g/mol. The Hall–Kier alpha value is -1.42. The zero-order valence-corrected chi connectivity index (χ0v) is 15.1. The van der Waals surface area contributed by atoms with Gasteiger partial charge < -0.3 is 0 Å². The van der Waals surface area contributed by atoms with Crippen molar-refractivity contribution in [2.24, 2.45) is 0 Å². The second-order valence-electron chi connectivity index (χ2n) is 6.50. The number of hydrogen-bond acceptors (Lipinski definition) is 3. The quantitative estimate of drug-likeness (QED) is 0.831. The van der Waals surface area contributed by atoms with E-state index in [0.717, 1.165) is 6.42 Å². The van der Waals surface area contributed by atoms with Crippen molar-refractivity contribution in [2.75, 3.05) is 20.1 Å². The van der Waals surface area contributed by atoms with E-state index < -0.39 is 10.2 Å². The summed E-state index contributed by atoms with van der Waals surface area (Å²) in [7, 11) is -1.95. The van der Waals surface area contributed by atoms with Crippen LogP contribution in [0, 0.1) is 25.2 Å². The first-order valence-corrected chi connectivity index (χ1v) is 9.33. The first kappa shape index (κ1) is 17.9. The average Bonchev–Trinajstić information content (AvgIpc) is 2.96. The molecule has 1 aliphatic heterocycles. The highest BCUT2D eigenvalue weighted by atomic mass is 32.2. The number of hydrogen-bond donors (Lipinski definition) is 0. The number of rotatable bonds is 5. The Morgan fingerprint density at radius 2 is 1.96 bits per heavy atom. The van der Waals surface area contributed by atoms with Crippen LogP contribution in [-0.4, -0.2) is 43.2 Å². The summed E-state index contributed by atoms with van der Waals surface area (Å²) in [4.78, 5) is 0. The van der Waals surface area contributed by atoms with Crippen molar-refractivity contribution in [2.45, 2.75) is 45.6 Å². The summed E-state index contributed by atoms with van der Waals surface area (Å²) < 4.78 is 28.3. The molecule has 1 aliphatic rings. The molecule has 5 nitrogen and oxygen atoms in total. The lowest BCUT2D eigenvalue weighted by Crippen LogP contribution is -2.44. The molecule has 2 atom stereocenters. The molecule has 0 radical (unpaired) electrons. The molecule has 1 aromatic rings. The van der Waals surface area contributed by atoms with Gasteiger partial charge in [0.05, 0.1) is 12.5 Å². The van der Waals surface area contributed by atoms with Gasteiger partial charge in [-0.3, -0.25) is 0 Å². The molecule has 1 saturated heterocycles. The monoisotopic (exact) mass is 335 g/mol. The Kier molecular flexibility index (Phi) is 5.45. The minimum absolute atomic E-state index is 0.198. The third kappa shape index (κ3) is 3.92. The highest BCUT2D eigenvalue weighted by Crippen LogP contribution is 2.31. The minimum atomic E-state index is -3.51. The molecular formula is C17H25N3O2S. The third-order valence-corrected chi connectivity index (χ3v) is 6.64. The molecule has 0 N–H and O–H groups in total. The van der Waals surface area contributed by atoms with Gasteiger partial charge in [-0.2, -0.15) is 22.3 Å². The topological polar surface area (TPSA) is 64.4 Å². The maximum absolute atomic E-state index is 12.7. The first-order valence-electron chi connectivity index (χ1n) is 7.94. The molecule has 2 unspecified atom stereocenters. The normalized spacial score (nSPS) is 20.6. The van der Waals surface area contributed by atoms with E-state index in [2.05, 4.69) is 32.0 Å². The molecule has 1 aromatic carbocycles. The lowest BCUT2D eigenvalue weighted by Gasteiger charge is -2.27. The van der Waals surface area contributed by atoms with Crippen molar-refractivity contribution in [1.29, 1.82) is 5.26 Å². The highest BCUT2D eigenvalue weighted by Gasteiger charge is 2.36. The van der Waals surface area contributed by atoms with Crippen molar-refractivity contribution >= 4 is 10.2 Å². The van der Waals surface area contributed by atoms with Crippen molar-refractivity contribution < 1.29 is 8.42 Å². The van der Waals surface area contributed by atoms with Crippen molar-refractivity contribution in [1.82, 2.24) is 8.61 Å². The van der Waals surface area contributed by atoms with Gasteiger partial charge in [-0.25, -0.2) is 0 Å². The molecule has 1 heterocycles. The fourth-order valence-corrected chi connectivity index (χ4v) is 4.72. The van der Waals surface area contributed by atoms with E-state index in [0.29, 0.717) is 13.1 Å². The standard InChI is InChI=1S/C17H25N3O2S/c1-13-9-14(2)11-17(10-13)16-6-8-20(12-16)23(21,22)19(4)15(3)5-7-18/h9-11,15-16H,5-6,8,12H2,1-4H3. The molecule has 0 amide bonds. The maximum Gasteiger partial charge on any atom is 0.282 e. The summed E-state index contributed by atoms with van der Waals surface area (Å²) in [5, 5.41) is 8.77. The lowest BCUT2D eigenvalue weighted by molar-refractivity contribution is 0.347. The third-order valence-electron chi connectivity index (χ3n) is 4.56. The van der Waals surface area contributed by atoms with E-state index in [-0.39, 0.29) is 18.4 Å². The van der Waals surface area contributed by atoms with Crippen molar-refractivity contribution in [3.63, 3.8) is 0 Å². The number of nitrogens with zero attached hydrogens (tertiary/aromatic N) is 3. The SMILES string of the molecule is Cc1cc(C)cc(C2CCN(S(=O)(=O)N(C)C(C)CC#N)C2)c1. The molecule has 0 spiro atoms. The van der Waals surface area contributed by atoms with Crippen LogP contribution in [0.25, 0.3) is 0 Å². The van der Waals surface area contributed by atoms with E-state index in [1.807, 2.05) is 6.07 Å². The second-order valence-corrected chi connectivity index (χ2v) is 8.49. The maximum atomic E-state index is 12.7. The summed E-state index contributed by atoms with van der Waals surface area (Å²) in [5.41, 5.74) is 3.63. The van der Waals surface area contributed by atoms with Crippen LogP contribution >= 0.6 is 0 Å². The number of aryl methyl sites for hydroxylation is 2. The minimum Gasteiger partial charge on any atom is -0.198 e. The van der Waals surface area contributed by atoms with Gasteiger partial charge in [-0.05, 0) is 38.7 Å². The number of benzene rings is 1. The summed E-state index contributed by atoms with van der Waals surface area (Å²) in [6.45, 7) is 6.94. The Bertz CT molecular complexity index is 689. The van der Waals surface area contributed by atoms with Crippen molar-refractivity contribution in [3.05, 3.63) is 34.9 Å². The van der Waals surface area contributed by atoms with Crippen LogP contribution in [0.4, 0.5) is 0 Å². The lowest BCUT2D eigenvalue weighted by atomic mass is 9.95. The fourth-order valence-electron chi connectivity index (χ4n) is 3.13. The van der Waals surface area contributed by atoms with Crippen LogP contribution < -0.4 is 0 Å². The van der Waals surface area contributed by atoms with Gasteiger partial charge >= 0.3 is 0 Å². The Morgan fingerprint density at radius 3 is 2.52 bits per heavy atom. The van der Waals surface area contributed by atoms with Crippen LogP contribution in [0.1, 0.15) is 42.4 Å². The smallest absolute Gasteiger partial charge is 0.198 e. The largest absolute Gasteiger partial charge is 0.282 e. The first-order chi connectivity index (χ1) is 10.8. The molecule has 126 valence electrons. The zero-order chi connectivity index (χ0) is 17.2. The predicted octanol–water partition coefficient (Wildman–Crippen LogP) is 2.57. The van der Waals surface area contributed by atoms with E-state index in [1.165, 1.54) is 21.0 Å². The van der Waals surface area contributed by atoms with E-state index in [1.54, 1.807) is 18.3 Å².